The van der Waals surface area contributed by atoms with E-state index in [4.69, 9.17) is 12.2 Å². The van der Waals surface area contributed by atoms with Gasteiger partial charge in [-0.15, -0.1) is 11.3 Å². The predicted octanol–water partition coefficient (Wildman–Crippen LogP) is 4.26. The Morgan fingerprint density at radius 1 is 1.33 bits per heavy atom. The molecule has 0 aliphatic heterocycles. The molecular formula is C17H18N4OS2. The lowest BCUT2D eigenvalue weighted by Gasteiger charge is -2.08. The van der Waals surface area contributed by atoms with E-state index in [1.807, 2.05) is 41.8 Å². The van der Waals surface area contributed by atoms with Crippen LogP contribution in [0.4, 0.5) is 5.69 Å². The molecule has 0 saturated carbocycles. The molecule has 2 N–H and O–H groups in total. The van der Waals surface area contributed by atoms with E-state index in [2.05, 4.69) is 22.4 Å². The van der Waals surface area contributed by atoms with E-state index in [0.29, 0.717) is 10.6 Å². The topological polar surface area (TPSA) is 62.7 Å². The summed E-state index contributed by atoms with van der Waals surface area (Å²) in [7, 11) is 0. The fraction of sp³-hybridized carbons (Fsp3) is 0.235. The Bertz CT molecular complexity index is 863. The maximum Gasteiger partial charge on any atom is 0.244 e. The Balaban J connectivity index is 1.71. The summed E-state index contributed by atoms with van der Waals surface area (Å²) < 4.78 is 2.15. The van der Waals surface area contributed by atoms with Crippen LogP contribution in [0.3, 0.4) is 0 Å². The summed E-state index contributed by atoms with van der Waals surface area (Å²) in [6.45, 7) is 2.27. The highest BCUT2D eigenvalue weighted by atomic mass is 32.1. The zero-order valence-electron chi connectivity index (χ0n) is 13.3. The molecule has 3 rings (SSSR count). The van der Waals surface area contributed by atoms with Crippen molar-refractivity contribution in [3.8, 4) is 10.7 Å². The van der Waals surface area contributed by atoms with Crippen molar-refractivity contribution in [2.75, 3.05) is 5.32 Å². The summed E-state index contributed by atoms with van der Waals surface area (Å²) >= 11 is 6.80. The molecule has 0 aliphatic carbocycles. The van der Waals surface area contributed by atoms with Gasteiger partial charge in [-0.05, 0) is 47.8 Å². The van der Waals surface area contributed by atoms with Crippen molar-refractivity contribution in [3.05, 3.63) is 52.1 Å². The molecule has 0 saturated heterocycles. The largest absolute Gasteiger partial charge is 0.325 e. The van der Waals surface area contributed by atoms with Crippen molar-refractivity contribution in [1.82, 2.24) is 14.8 Å². The maximum absolute atomic E-state index is 12.3. The number of carbonyl (C=O) groups is 1. The van der Waals surface area contributed by atoms with Crippen molar-refractivity contribution < 1.29 is 4.79 Å². The smallest absolute Gasteiger partial charge is 0.244 e. The predicted molar refractivity (Wildman–Crippen MR) is 99.8 cm³/mol. The zero-order valence-corrected chi connectivity index (χ0v) is 14.9. The quantitative estimate of drug-likeness (QED) is 0.647. The fourth-order valence-electron chi connectivity index (χ4n) is 2.45. The van der Waals surface area contributed by atoms with E-state index in [1.165, 1.54) is 5.56 Å². The second kappa shape index (κ2) is 7.55. The standard InChI is InChI=1S/C17H18N4OS2/c1-2-4-12-6-8-13(9-7-12)18-15(22)11-21-16(19-20-17(21)23)14-5-3-10-24-14/h3,5-10H,2,4,11H2,1H3,(H,18,22)(H,20,23). The van der Waals surface area contributed by atoms with Crippen LogP contribution in [-0.2, 0) is 17.8 Å². The first-order valence-corrected chi connectivity index (χ1v) is 9.04. The zero-order chi connectivity index (χ0) is 16.9. The SMILES string of the molecule is CCCc1ccc(NC(=O)Cn2c(-c3cccs3)n[nH]c2=S)cc1. The molecule has 1 aromatic carbocycles. The number of H-pyrrole nitrogens is 1. The van der Waals surface area contributed by atoms with Gasteiger partial charge in [-0.25, -0.2) is 0 Å². The van der Waals surface area contributed by atoms with Gasteiger partial charge in [0.25, 0.3) is 0 Å². The highest BCUT2D eigenvalue weighted by molar-refractivity contribution is 7.71. The monoisotopic (exact) mass is 358 g/mol. The lowest BCUT2D eigenvalue weighted by molar-refractivity contribution is -0.116. The van der Waals surface area contributed by atoms with Crippen molar-refractivity contribution in [2.24, 2.45) is 0 Å². The number of carbonyl (C=O) groups excluding carboxylic acids is 1. The number of hydrogen-bond donors (Lipinski definition) is 2. The average Bonchev–Trinajstić information content (AvgIpc) is 3.20. The summed E-state index contributed by atoms with van der Waals surface area (Å²) in [5.41, 5.74) is 2.06. The van der Waals surface area contributed by atoms with Gasteiger partial charge < -0.3 is 5.32 Å². The second-order valence-corrected chi connectivity index (χ2v) is 6.75. The lowest BCUT2D eigenvalue weighted by Crippen LogP contribution is -2.19. The minimum Gasteiger partial charge on any atom is -0.325 e. The van der Waals surface area contributed by atoms with Gasteiger partial charge in [0.1, 0.15) is 6.54 Å². The molecule has 5 nitrogen and oxygen atoms in total. The third kappa shape index (κ3) is 3.80. The maximum atomic E-state index is 12.3. The van der Waals surface area contributed by atoms with Gasteiger partial charge in [0, 0.05) is 5.69 Å². The van der Waals surface area contributed by atoms with Crippen molar-refractivity contribution >= 4 is 35.1 Å². The van der Waals surface area contributed by atoms with Crippen molar-refractivity contribution in [2.45, 2.75) is 26.3 Å². The van der Waals surface area contributed by atoms with Crippen LogP contribution in [0.5, 0.6) is 0 Å². The Morgan fingerprint density at radius 2 is 2.12 bits per heavy atom. The van der Waals surface area contributed by atoms with E-state index in [1.54, 1.807) is 15.9 Å². The Labute approximate surface area is 149 Å². The van der Waals surface area contributed by atoms with E-state index >= 15 is 0 Å². The van der Waals surface area contributed by atoms with E-state index in [0.717, 1.165) is 23.4 Å². The van der Waals surface area contributed by atoms with Crippen LogP contribution >= 0.6 is 23.6 Å². The fourth-order valence-corrected chi connectivity index (χ4v) is 3.36. The summed E-state index contributed by atoms with van der Waals surface area (Å²) in [5, 5.41) is 11.9. The normalized spacial score (nSPS) is 10.7. The average molecular weight is 358 g/mol. The van der Waals surface area contributed by atoms with Gasteiger partial charge in [-0.2, -0.15) is 5.10 Å². The van der Waals surface area contributed by atoms with Crippen LogP contribution in [0.2, 0.25) is 0 Å². The number of benzene rings is 1. The number of amides is 1. The first kappa shape index (κ1) is 16.6. The van der Waals surface area contributed by atoms with Gasteiger partial charge in [0.2, 0.25) is 5.91 Å². The molecule has 7 heteroatoms. The van der Waals surface area contributed by atoms with Gasteiger partial charge in [-0.1, -0.05) is 31.5 Å². The molecule has 0 aliphatic rings. The number of nitrogens with one attached hydrogen (secondary N) is 2. The van der Waals surface area contributed by atoms with Crippen LogP contribution < -0.4 is 5.32 Å². The number of anilines is 1. The number of aryl methyl sites for hydroxylation is 1. The molecule has 0 atom stereocenters. The number of aromatic amines is 1. The summed E-state index contributed by atoms with van der Waals surface area (Å²) in [5.74, 6) is 0.553. The van der Waals surface area contributed by atoms with Gasteiger partial charge in [0.05, 0.1) is 4.88 Å². The van der Waals surface area contributed by atoms with E-state index in [-0.39, 0.29) is 12.5 Å². The number of thiophene rings is 1. The third-order valence-corrected chi connectivity index (χ3v) is 4.76. The van der Waals surface area contributed by atoms with Crippen LogP contribution in [0.25, 0.3) is 10.7 Å². The second-order valence-electron chi connectivity index (χ2n) is 5.41. The Hall–Kier alpha value is -2.25. The molecule has 2 aromatic heterocycles. The van der Waals surface area contributed by atoms with Crippen LogP contribution in [-0.4, -0.2) is 20.7 Å². The Kier molecular flexibility index (Phi) is 5.22. The van der Waals surface area contributed by atoms with Gasteiger partial charge in [-0.3, -0.25) is 14.5 Å². The van der Waals surface area contributed by atoms with Crippen LogP contribution in [0.1, 0.15) is 18.9 Å². The molecule has 3 aromatic rings. The third-order valence-electron chi connectivity index (χ3n) is 3.58. The Morgan fingerprint density at radius 3 is 2.79 bits per heavy atom. The molecule has 0 spiro atoms. The molecule has 124 valence electrons. The van der Waals surface area contributed by atoms with Gasteiger partial charge in [0.15, 0.2) is 10.6 Å². The molecule has 1 amide bonds. The van der Waals surface area contributed by atoms with Crippen molar-refractivity contribution in [1.29, 1.82) is 0 Å². The minimum atomic E-state index is -0.131. The molecule has 2 heterocycles. The lowest BCUT2D eigenvalue weighted by atomic mass is 10.1. The van der Waals surface area contributed by atoms with Gasteiger partial charge >= 0.3 is 0 Å². The summed E-state index contributed by atoms with van der Waals surface area (Å²) in [6.07, 6.45) is 2.15. The molecule has 0 fully saturated rings. The summed E-state index contributed by atoms with van der Waals surface area (Å²) in [6, 6.07) is 11.8. The highest BCUT2D eigenvalue weighted by Gasteiger charge is 2.13. The van der Waals surface area contributed by atoms with Crippen LogP contribution in [0.15, 0.2) is 41.8 Å². The number of hydrogen-bond acceptors (Lipinski definition) is 4. The number of nitrogens with zero attached hydrogens (tertiary/aromatic N) is 2. The number of rotatable bonds is 6. The first-order valence-electron chi connectivity index (χ1n) is 7.75. The summed E-state index contributed by atoms with van der Waals surface area (Å²) in [4.78, 5) is 13.3. The number of aromatic nitrogens is 3. The molecule has 0 bridgehead atoms. The van der Waals surface area contributed by atoms with Crippen LogP contribution in [0, 0.1) is 4.77 Å². The first-order chi connectivity index (χ1) is 11.7. The molecule has 0 unspecified atom stereocenters. The minimum absolute atomic E-state index is 0.124. The highest BCUT2D eigenvalue weighted by Crippen LogP contribution is 2.22. The molecule has 24 heavy (non-hydrogen) atoms. The van der Waals surface area contributed by atoms with E-state index in [9.17, 15) is 4.79 Å². The molecule has 0 radical (unpaired) electrons. The molecular weight excluding hydrogens is 340 g/mol. The van der Waals surface area contributed by atoms with Crippen molar-refractivity contribution in [3.63, 3.8) is 0 Å². The van der Waals surface area contributed by atoms with E-state index < -0.39 is 0 Å².